The second-order valence-corrected chi connectivity index (χ2v) is 5.65. The highest BCUT2D eigenvalue weighted by molar-refractivity contribution is 7.11. The number of benzene rings is 1. The predicted octanol–water partition coefficient (Wildman–Crippen LogP) is 3.19. The fraction of sp³-hybridized carbons (Fsp3) is 0.333. The van der Waals surface area contributed by atoms with Crippen LogP contribution in [0.15, 0.2) is 35.5 Å². The van der Waals surface area contributed by atoms with Gasteiger partial charge >= 0.3 is 0 Å². The zero-order valence-corrected chi connectivity index (χ0v) is 12.7. The lowest BCUT2D eigenvalue weighted by Gasteiger charge is -2.05. The molecular formula is C15H20N4S. The van der Waals surface area contributed by atoms with E-state index < -0.39 is 0 Å². The zero-order valence-electron chi connectivity index (χ0n) is 11.9. The highest BCUT2D eigenvalue weighted by Gasteiger charge is 2.00. The maximum atomic E-state index is 5.88. The molecule has 0 amide bonds. The first kappa shape index (κ1) is 14.5. The number of thiazole rings is 1. The number of hydrogen-bond acceptors (Lipinski definition) is 3. The molecule has 106 valence electrons. The summed E-state index contributed by atoms with van der Waals surface area (Å²) >= 11 is 1.68. The first-order chi connectivity index (χ1) is 9.71. The van der Waals surface area contributed by atoms with E-state index in [0.717, 1.165) is 23.5 Å². The molecule has 0 spiro atoms. The van der Waals surface area contributed by atoms with E-state index in [2.05, 4.69) is 41.3 Å². The molecule has 0 saturated carbocycles. The molecule has 0 aliphatic heterocycles. The third kappa shape index (κ3) is 4.06. The molecule has 0 radical (unpaired) electrons. The lowest BCUT2D eigenvalue weighted by Crippen LogP contribution is -2.22. The Labute approximate surface area is 123 Å². The minimum atomic E-state index is 0.419. The van der Waals surface area contributed by atoms with Crippen LogP contribution in [0.25, 0.3) is 0 Å². The zero-order chi connectivity index (χ0) is 14.4. The van der Waals surface area contributed by atoms with E-state index in [1.807, 2.05) is 18.3 Å². The molecule has 2 rings (SSSR count). The number of nitrogens with zero attached hydrogens (tertiary/aromatic N) is 2. The molecule has 0 atom stereocenters. The van der Waals surface area contributed by atoms with Crippen LogP contribution in [0.1, 0.15) is 29.3 Å². The van der Waals surface area contributed by atoms with Crippen LogP contribution in [0.2, 0.25) is 0 Å². The van der Waals surface area contributed by atoms with Gasteiger partial charge in [0, 0.05) is 16.8 Å². The van der Waals surface area contributed by atoms with E-state index >= 15 is 0 Å². The molecule has 0 unspecified atom stereocenters. The number of aryl methyl sites for hydroxylation is 2. The van der Waals surface area contributed by atoms with Crippen molar-refractivity contribution in [2.24, 2.45) is 10.7 Å². The molecule has 5 heteroatoms. The Morgan fingerprint density at radius 3 is 2.60 bits per heavy atom. The van der Waals surface area contributed by atoms with Crippen molar-refractivity contribution in [2.45, 2.75) is 33.2 Å². The van der Waals surface area contributed by atoms with Crippen molar-refractivity contribution >= 4 is 23.0 Å². The van der Waals surface area contributed by atoms with Gasteiger partial charge in [0.25, 0.3) is 0 Å². The average Bonchev–Trinajstić information content (AvgIpc) is 2.94. The molecule has 3 N–H and O–H groups in total. The fourth-order valence-electron chi connectivity index (χ4n) is 1.75. The van der Waals surface area contributed by atoms with E-state index in [9.17, 15) is 0 Å². The first-order valence-corrected chi connectivity index (χ1v) is 7.62. The van der Waals surface area contributed by atoms with Crippen molar-refractivity contribution in [3.8, 4) is 0 Å². The monoisotopic (exact) mass is 288 g/mol. The summed E-state index contributed by atoms with van der Waals surface area (Å²) < 4.78 is 0. The lowest BCUT2D eigenvalue weighted by molar-refractivity contribution is 1.03. The van der Waals surface area contributed by atoms with Crippen LogP contribution in [0.3, 0.4) is 0 Å². The smallest absolute Gasteiger partial charge is 0.193 e. The summed E-state index contributed by atoms with van der Waals surface area (Å²) in [5, 5.41) is 4.08. The van der Waals surface area contributed by atoms with Gasteiger partial charge in [-0.2, -0.15) is 0 Å². The molecule has 1 heterocycles. The Balaban J connectivity index is 1.92. The minimum Gasteiger partial charge on any atom is -0.370 e. The summed E-state index contributed by atoms with van der Waals surface area (Å²) in [5.74, 6) is 0.419. The predicted molar refractivity (Wildman–Crippen MR) is 86.3 cm³/mol. The summed E-state index contributed by atoms with van der Waals surface area (Å²) in [6.45, 7) is 4.78. The fourth-order valence-corrected chi connectivity index (χ4v) is 2.54. The summed E-state index contributed by atoms with van der Waals surface area (Å²) in [6.07, 6.45) is 3.95. The normalized spacial score (nSPS) is 11.6. The molecule has 0 aliphatic carbocycles. The van der Waals surface area contributed by atoms with Crippen LogP contribution in [0.5, 0.6) is 0 Å². The third-order valence-electron chi connectivity index (χ3n) is 2.97. The molecule has 1 aromatic heterocycles. The van der Waals surface area contributed by atoms with Gasteiger partial charge in [0.15, 0.2) is 5.96 Å². The second kappa shape index (κ2) is 7.05. The SMILES string of the molecule is CCc1ccc(NC(N)=NCc2ncc(CC)s2)cc1. The molecule has 0 saturated heterocycles. The Morgan fingerprint density at radius 1 is 1.25 bits per heavy atom. The molecule has 4 nitrogen and oxygen atoms in total. The Hall–Kier alpha value is -1.88. The van der Waals surface area contributed by atoms with Crippen LogP contribution < -0.4 is 11.1 Å². The number of guanidine groups is 1. The molecule has 2 aromatic rings. The van der Waals surface area contributed by atoms with Gasteiger partial charge in [-0.15, -0.1) is 11.3 Å². The second-order valence-electron chi connectivity index (χ2n) is 4.45. The number of rotatable bonds is 5. The number of anilines is 1. The quantitative estimate of drug-likeness (QED) is 0.656. The molecule has 0 aliphatic rings. The standard InChI is InChI=1S/C15H20N4S/c1-3-11-5-7-12(8-6-11)19-15(16)18-10-14-17-9-13(4-2)20-14/h5-9H,3-4,10H2,1-2H3,(H3,16,18,19). The first-order valence-electron chi connectivity index (χ1n) is 6.80. The Kier molecular flexibility index (Phi) is 5.12. The van der Waals surface area contributed by atoms with Gasteiger partial charge in [-0.3, -0.25) is 0 Å². The highest BCUT2D eigenvalue weighted by atomic mass is 32.1. The van der Waals surface area contributed by atoms with E-state index in [-0.39, 0.29) is 0 Å². The van der Waals surface area contributed by atoms with Crippen LogP contribution in [0, 0.1) is 0 Å². The number of aliphatic imine (C=N–C) groups is 1. The van der Waals surface area contributed by atoms with Crippen LogP contribution >= 0.6 is 11.3 Å². The van der Waals surface area contributed by atoms with Gasteiger partial charge in [0.05, 0.1) is 6.54 Å². The van der Waals surface area contributed by atoms with E-state index in [0.29, 0.717) is 12.5 Å². The number of aromatic nitrogens is 1. The molecular weight excluding hydrogens is 268 g/mol. The van der Waals surface area contributed by atoms with Crippen molar-refractivity contribution in [3.05, 3.63) is 45.9 Å². The van der Waals surface area contributed by atoms with Crippen molar-refractivity contribution in [2.75, 3.05) is 5.32 Å². The van der Waals surface area contributed by atoms with Crippen molar-refractivity contribution in [1.82, 2.24) is 4.98 Å². The summed E-state index contributed by atoms with van der Waals surface area (Å²) in [7, 11) is 0. The lowest BCUT2D eigenvalue weighted by atomic mass is 10.1. The minimum absolute atomic E-state index is 0.419. The largest absolute Gasteiger partial charge is 0.370 e. The molecule has 1 aromatic carbocycles. The van der Waals surface area contributed by atoms with Gasteiger partial charge in [-0.1, -0.05) is 26.0 Å². The van der Waals surface area contributed by atoms with E-state index in [1.54, 1.807) is 11.3 Å². The van der Waals surface area contributed by atoms with E-state index in [4.69, 9.17) is 5.73 Å². The van der Waals surface area contributed by atoms with Gasteiger partial charge in [-0.05, 0) is 30.5 Å². The number of nitrogens with one attached hydrogen (secondary N) is 1. The number of hydrogen-bond donors (Lipinski definition) is 2. The Bertz CT molecular complexity index is 572. The summed E-state index contributed by atoms with van der Waals surface area (Å²) in [4.78, 5) is 9.90. The van der Waals surface area contributed by atoms with Gasteiger partial charge in [0.1, 0.15) is 5.01 Å². The van der Waals surface area contributed by atoms with Crippen molar-refractivity contribution < 1.29 is 0 Å². The average molecular weight is 288 g/mol. The molecule has 0 fully saturated rings. The highest BCUT2D eigenvalue weighted by Crippen LogP contribution is 2.14. The molecule has 0 bridgehead atoms. The van der Waals surface area contributed by atoms with Gasteiger partial charge < -0.3 is 11.1 Å². The maximum Gasteiger partial charge on any atom is 0.193 e. The van der Waals surface area contributed by atoms with Crippen molar-refractivity contribution in [1.29, 1.82) is 0 Å². The van der Waals surface area contributed by atoms with E-state index in [1.165, 1.54) is 10.4 Å². The van der Waals surface area contributed by atoms with Gasteiger partial charge in [-0.25, -0.2) is 9.98 Å². The summed E-state index contributed by atoms with van der Waals surface area (Å²) in [5.41, 5.74) is 8.14. The third-order valence-corrected chi connectivity index (χ3v) is 4.10. The van der Waals surface area contributed by atoms with Crippen LogP contribution in [0.4, 0.5) is 5.69 Å². The molecule has 20 heavy (non-hydrogen) atoms. The van der Waals surface area contributed by atoms with Crippen molar-refractivity contribution in [3.63, 3.8) is 0 Å². The Morgan fingerprint density at radius 2 is 2.00 bits per heavy atom. The maximum absolute atomic E-state index is 5.88. The summed E-state index contributed by atoms with van der Waals surface area (Å²) in [6, 6.07) is 8.20. The van der Waals surface area contributed by atoms with Gasteiger partial charge in [0.2, 0.25) is 0 Å². The van der Waals surface area contributed by atoms with Crippen LogP contribution in [-0.2, 0) is 19.4 Å². The topological polar surface area (TPSA) is 63.3 Å². The number of nitrogens with two attached hydrogens (primary N) is 1. The van der Waals surface area contributed by atoms with Crippen LogP contribution in [-0.4, -0.2) is 10.9 Å².